The van der Waals surface area contributed by atoms with E-state index in [-0.39, 0.29) is 12.4 Å². The maximum Gasteiger partial charge on any atom is 0.142 e. The third kappa shape index (κ3) is 4.04. The first kappa shape index (κ1) is 17.3. The van der Waals surface area contributed by atoms with Crippen LogP contribution >= 0.6 is 23.7 Å². The Kier molecular flexibility index (Phi) is 6.32. The molecule has 6 heteroatoms. The number of piperidine rings is 1. The molecule has 1 aliphatic heterocycles. The summed E-state index contributed by atoms with van der Waals surface area (Å²) < 4.78 is 0. The number of hydrogen-bond acceptors (Lipinski definition) is 5. The summed E-state index contributed by atoms with van der Waals surface area (Å²) in [5.41, 5.74) is 8.02. The van der Waals surface area contributed by atoms with Crippen LogP contribution in [0.1, 0.15) is 25.5 Å². The predicted molar refractivity (Wildman–Crippen MR) is 94.2 cm³/mol. The fraction of sp³-hybridized carbons (Fsp3) is 0.500. The molecule has 3 rings (SSSR count). The molecule has 1 fully saturated rings. The summed E-state index contributed by atoms with van der Waals surface area (Å²) in [6, 6.07) is 6.43. The summed E-state index contributed by atoms with van der Waals surface area (Å²) in [6.07, 6.45) is 4.27. The van der Waals surface area contributed by atoms with E-state index < -0.39 is 0 Å². The van der Waals surface area contributed by atoms with Gasteiger partial charge in [0.15, 0.2) is 0 Å². The van der Waals surface area contributed by atoms with Gasteiger partial charge in [-0.1, -0.05) is 13.0 Å². The van der Waals surface area contributed by atoms with Crippen molar-refractivity contribution in [3.63, 3.8) is 0 Å². The third-order valence-electron chi connectivity index (χ3n) is 4.17. The maximum absolute atomic E-state index is 5.94. The Balaban J connectivity index is 0.00000176. The van der Waals surface area contributed by atoms with Crippen molar-refractivity contribution in [3.8, 4) is 10.7 Å². The number of nitrogens with two attached hydrogens (primary N) is 1. The first-order chi connectivity index (χ1) is 10.3. The topological polar surface area (TPSA) is 55.0 Å². The van der Waals surface area contributed by atoms with Gasteiger partial charge in [0.05, 0.1) is 11.4 Å². The number of likely N-dealkylation sites (tertiary alicyclic amines) is 1. The summed E-state index contributed by atoms with van der Waals surface area (Å²) in [5, 5.41) is 3.15. The summed E-state index contributed by atoms with van der Waals surface area (Å²) in [5.74, 6) is 0.786. The highest BCUT2D eigenvalue weighted by molar-refractivity contribution is 7.13. The molecule has 0 amide bonds. The van der Waals surface area contributed by atoms with Crippen LogP contribution < -0.4 is 5.73 Å². The summed E-state index contributed by atoms with van der Waals surface area (Å²) in [7, 11) is 0. The molecule has 22 heavy (non-hydrogen) atoms. The van der Waals surface area contributed by atoms with Gasteiger partial charge < -0.3 is 5.73 Å². The first-order valence-corrected chi connectivity index (χ1v) is 8.44. The summed E-state index contributed by atoms with van der Waals surface area (Å²) >= 11 is 1.67. The minimum Gasteiger partial charge on any atom is -0.329 e. The first-order valence-electron chi connectivity index (χ1n) is 7.56. The fourth-order valence-corrected chi connectivity index (χ4v) is 3.73. The van der Waals surface area contributed by atoms with Crippen molar-refractivity contribution in [2.75, 3.05) is 13.1 Å². The Labute approximate surface area is 142 Å². The van der Waals surface area contributed by atoms with Crippen molar-refractivity contribution in [1.82, 2.24) is 14.9 Å². The number of nitrogens with zero attached hydrogens (tertiary/aromatic N) is 3. The van der Waals surface area contributed by atoms with Gasteiger partial charge in [-0.15, -0.1) is 23.7 Å². The van der Waals surface area contributed by atoms with Crippen LogP contribution in [0.4, 0.5) is 0 Å². The van der Waals surface area contributed by atoms with E-state index in [4.69, 9.17) is 10.7 Å². The zero-order valence-electron chi connectivity index (χ0n) is 12.8. The number of rotatable bonds is 4. The van der Waals surface area contributed by atoms with Gasteiger partial charge in [-0.3, -0.25) is 9.88 Å². The van der Waals surface area contributed by atoms with Gasteiger partial charge in [0.1, 0.15) is 5.01 Å². The molecule has 3 heterocycles. The van der Waals surface area contributed by atoms with Crippen LogP contribution in [0.3, 0.4) is 0 Å². The van der Waals surface area contributed by atoms with Crippen LogP contribution in [-0.2, 0) is 6.54 Å². The second-order valence-corrected chi connectivity index (χ2v) is 6.71. The van der Waals surface area contributed by atoms with Crippen LogP contribution in [0.2, 0.25) is 0 Å². The van der Waals surface area contributed by atoms with Gasteiger partial charge in [0.25, 0.3) is 0 Å². The van der Waals surface area contributed by atoms with Crippen molar-refractivity contribution in [2.45, 2.75) is 32.4 Å². The van der Waals surface area contributed by atoms with Crippen LogP contribution in [-0.4, -0.2) is 34.0 Å². The van der Waals surface area contributed by atoms with Crippen molar-refractivity contribution >= 4 is 23.7 Å². The molecule has 0 spiro atoms. The molecule has 4 nitrogen and oxygen atoms in total. The molecule has 2 N–H and O–H groups in total. The van der Waals surface area contributed by atoms with Gasteiger partial charge in [-0.05, 0) is 37.4 Å². The second kappa shape index (κ2) is 8.02. The molecule has 0 aromatic carbocycles. The average Bonchev–Trinajstić information content (AvgIpc) is 2.98. The van der Waals surface area contributed by atoms with Crippen LogP contribution in [0, 0.1) is 5.92 Å². The minimum atomic E-state index is 0. The van der Waals surface area contributed by atoms with Crippen molar-refractivity contribution < 1.29 is 0 Å². The molecule has 1 aliphatic rings. The molecule has 2 atom stereocenters. The SMILES string of the molecule is CC1CCN(Cc2csc(-c3ccccn3)n2)C(CN)C1.Cl. The summed E-state index contributed by atoms with van der Waals surface area (Å²) in [4.78, 5) is 11.6. The lowest BCUT2D eigenvalue weighted by atomic mass is 9.92. The number of thiazole rings is 1. The molecule has 120 valence electrons. The Hall–Kier alpha value is -1.01. The van der Waals surface area contributed by atoms with E-state index in [1.807, 2.05) is 24.4 Å². The van der Waals surface area contributed by atoms with Gasteiger partial charge >= 0.3 is 0 Å². The number of halogens is 1. The molecule has 2 aromatic heterocycles. The highest BCUT2D eigenvalue weighted by Crippen LogP contribution is 2.26. The van der Waals surface area contributed by atoms with Gasteiger partial charge in [0, 0.05) is 30.7 Å². The zero-order chi connectivity index (χ0) is 14.7. The van der Waals surface area contributed by atoms with E-state index in [9.17, 15) is 0 Å². The van der Waals surface area contributed by atoms with E-state index in [1.54, 1.807) is 11.3 Å². The lowest BCUT2D eigenvalue weighted by Gasteiger charge is -2.37. The minimum absolute atomic E-state index is 0. The molecule has 0 bridgehead atoms. The highest BCUT2D eigenvalue weighted by Gasteiger charge is 2.25. The van der Waals surface area contributed by atoms with Crippen LogP contribution in [0.5, 0.6) is 0 Å². The average molecular weight is 339 g/mol. The monoisotopic (exact) mass is 338 g/mol. The molecular weight excluding hydrogens is 316 g/mol. The van der Waals surface area contributed by atoms with Crippen LogP contribution in [0.15, 0.2) is 29.8 Å². The van der Waals surface area contributed by atoms with Crippen molar-refractivity contribution in [1.29, 1.82) is 0 Å². The van der Waals surface area contributed by atoms with E-state index >= 15 is 0 Å². The molecule has 2 aromatic rings. The lowest BCUT2D eigenvalue weighted by Crippen LogP contribution is -2.45. The van der Waals surface area contributed by atoms with E-state index in [1.165, 1.54) is 12.8 Å². The quantitative estimate of drug-likeness (QED) is 0.930. The van der Waals surface area contributed by atoms with Gasteiger partial charge in [-0.25, -0.2) is 4.98 Å². The van der Waals surface area contributed by atoms with Gasteiger partial charge in [0.2, 0.25) is 0 Å². The van der Waals surface area contributed by atoms with Crippen molar-refractivity contribution in [2.24, 2.45) is 11.7 Å². The van der Waals surface area contributed by atoms with E-state index in [2.05, 4.69) is 22.2 Å². The second-order valence-electron chi connectivity index (χ2n) is 5.85. The molecule has 0 radical (unpaired) electrons. The molecule has 2 unspecified atom stereocenters. The number of pyridine rings is 1. The maximum atomic E-state index is 5.94. The molecule has 0 saturated carbocycles. The zero-order valence-corrected chi connectivity index (χ0v) is 14.4. The third-order valence-corrected chi connectivity index (χ3v) is 5.09. The largest absolute Gasteiger partial charge is 0.329 e. The molecule has 0 aliphatic carbocycles. The fourth-order valence-electron chi connectivity index (χ4n) is 2.95. The molecule has 1 saturated heterocycles. The highest BCUT2D eigenvalue weighted by atomic mass is 35.5. The number of aromatic nitrogens is 2. The van der Waals surface area contributed by atoms with E-state index in [0.717, 1.165) is 41.9 Å². The Morgan fingerprint density at radius 2 is 2.27 bits per heavy atom. The van der Waals surface area contributed by atoms with Crippen molar-refractivity contribution in [3.05, 3.63) is 35.5 Å². The molecular formula is C16H23ClN4S. The van der Waals surface area contributed by atoms with Crippen LogP contribution in [0.25, 0.3) is 10.7 Å². The van der Waals surface area contributed by atoms with Gasteiger partial charge in [-0.2, -0.15) is 0 Å². The van der Waals surface area contributed by atoms with E-state index in [0.29, 0.717) is 6.04 Å². The standard InChI is InChI=1S/C16H22N4S.ClH/c1-12-5-7-20(14(8-12)9-17)10-13-11-21-16(19-13)15-4-2-3-6-18-15;/h2-4,6,11-12,14H,5,7-10,17H2,1H3;1H. The lowest BCUT2D eigenvalue weighted by molar-refractivity contribution is 0.114. The normalized spacial score (nSPS) is 22.3. The predicted octanol–water partition coefficient (Wildman–Crippen LogP) is 3.19. The Morgan fingerprint density at radius 3 is 3.00 bits per heavy atom. The Morgan fingerprint density at radius 1 is 1.41 bits per heavy atom. The number of hydrogen-bond donors (Lipinski definition) is 1. The smallest absolute Gasteiger partial charge is 0.142 e. The summed E-state index contributed by atoms with van der Waals surface area (Å²) in [6.45, 7) is 5.08. The Bertz CT molecular complexity index is 575.